The molecule has 278 valence electrons. The average Bonchev–Trinajstić information content (AvgIpc) is 3.83. The molecule has 0 radical (unpaired) electrons. The number of aromatic nitrogens is 4. The molecule has 3 heterocycles. The number of allylic oxidation sites excluding steroid dienone is 6. The summed E-state index contributed by atoms with van der Waals surface area (Å²) in [5, 5.41) is 4.97. The normalized spacial score (nSPS) is 13.3. The molecule has 3 aromatic heterocycles. The first-order valence-corrected chi connectivity index (χ1v) is 20.7. The number of hydrogen-bond donors (Lipinski definition) is 0. The van der Waals surface area contributed by atoms with Gasteiger partial charge in [-0.15, -0.1) is 11.3 Å². The van der Waals surface area contributed by atoms with E-state index < -0.39 is 0 Å². The number of benzene rings is 6. The first kappa shape index (κ1) is 35.5. The van der Waals surface area contributed by atoms with Crippen molar-refractivity contribution in [1.82, 2.24) is 19.5 Å². The van der Waals surface area contributed by atoms with E-state index in [-0.39, 0.29) is 0 Å². The molecule has 0 saturated heterocycles. The van der Waals surface area contributed by atoms with Crippen LogP contribution in [0.25, 0.3) is 94.8 Å². The molecule has 0 spiro atoms. The van der Waals surface area contributed by atoms with Crippen molar-refractivity contribution in [2.24, 2.45) is 0 Å². The summed E-state index contributed by atoms with van der Waals surface area (Å²) in [5.41, 5.74) is 10.9. The fourth-order valence-electron chi connectivity index (χ4n) is 8.20. The van der Waals surface area contributed by atoms with Crippen molar-refractivity contribution < 1.29 is 0 Å². The highest BCUT2D eigenvalue weighted by atomic mass is 32.1. The molecule has 0 bridgehead atoms. The van der Waals surface area contributed by atoms with Crippen LogP contribution in [0.1, 0.15) is 38.1 Å². The van der Waals surface area contributed by atoms with Gasteiger partial charge in [-0.05, 0) is 84.5 Å². The van der Waals surface area contributed by atoms with E-state index in [0.717, 1.165) is 57.4 Å². The van der Waals surface area contributed by atoms with E-state index in [2.05, 4.69) is 169 Å². The first-order valence-electron chi connectivity index (χ1n) is 19.9. The van der Waals surface area contributed by atoms with Gasteiger partial charge in [-0.1, -0.05) is 152 Å². The van der Waals surface area contributed by atoms with Gasteiger partial charge in [0.25, 0.3) is 0 Å². The second kappa shape index (κ2) is 15.2. The SMILES string of the molecule is C/C=C/C(=C\C(=C/C)c1nc(-c2ccccc2)nc(-c2cc(-n3c4ccccc4c4ccc(-c5ccccc5)cc43)cc3c4c(sc23)=CCCC=4)n1)c1ccccc1. The van der Waals surface area contributed by atoms with Gasteiger partial charge in [-0.3, -0.25) is 0 Å². The molecule has 0 atom stereocenters. The molecule has 0 aliphatic heterocycles. The van der Waals surface area contributed by atoms with Crippen LogP contribution in [0.2, 0.25) is 0 Å². The second-order valence-electron chi connectivity index (χ2n) is 14.6. The number of rotatable bonds is 8. The Labute approximate surface area is 341 Å². The Kier molecular flexibility index (Phi) is 9.28. The zero-order chi connectivity index (χ0) is 39.0. The van der Waals surface area contributed by atoms with E-state index in [1.807, 2.05) is 42.5 Å². The number of fused-ring (bicyclic) bond motifs is 6. The summed E-state index contributed by atoms with van der Waals surface area (Å²) < 4.78 is 4.92. The summed E-state index contributed by atoms with van der Waals surface area (Å²) in [6.45, 7) is 4.10. The third-order valence-electron chi connectivity index (χ3n) is 11.0. The van der Waals surface area contributed by atoms with Crippen molar-refractivity contribution in [3.8, 4) is 39.6 Å². The van der Waals surface area contributed by atoms with E-state index in [0.29, 0.717) is 17.5 Å². The van der Waals surface area contributed by atoms with Crippen LogP contribution in [0, 0.1) is 0 Å². The van der Waals surface area contributed by atoms with Gasteiger partial charge in [-0.2, -0.15) is 0 Å². The fraction of sp³-hybridized carbons (Fsp3) is 0.0755. The van der Waals surface area contributed by atoms with Crippen LogP contribution in [0.3, 0.4) is 0 Å². The smallest absolute Gasteiger partial charge is 0.165 e. The number of thiophene rings is 1. The maximum atomic E-state index is 5.38. The van der Waals surface area contributed by atoms with Gasteiger partial charge < -0.3 is 4.57 Å². The second-order valence-corrected chi connectivity index (χ2v) is 15.6. The number of hydrogen-bond acceptors (Lipinski definition) is 4. The number of para-hydroxylation sites is 1. The molecule has 0 amide bonds. The molecule has 1 aliphatic rings. The zero-order valence-electron chi connectivity index (χ0n) is 32.4. The van der Waals surface area contributed by atoms with Gasteiger partial charge >= 0.3 is 0 Å². The standard InChI is InChI=1S/C53H40N4S/c1-3-18-39(36-19-8-5-9-20-36)31-35(4-2)51-54-52(38-23-12-7-13-24-38)56-53(55-51)46-34-41(33-45-44-26-15-17-28-49(44)58-50(45)46)57-47-27-16-14-25-42(47)43-30-29-40(32-48(43)57)37-21-10-6-11-22-37/h3-14,16,18-34H,15,17H2,1-2H3/b18-3+,35-4+,39-31+. The molecule has 4 nitrogen and oxygen atoms in total. The maximum Gasteiger partial charge on any atom is 0.165 e. The van der Waals surface area contributed by atoms with Crippen molar-refractivity contribution in [3.05, 3.63) is 191 Å². The lowest BCUT2D eigenvalue weighted by Gasteiger charge is -2.14. The molecule has 0 N–H and O–H groups in total. The van der Waals surface area contributed by atoms with Gasteiger partial charge in [0.1, 0.15) is 0 Å². The monoisotopic (exact) mass is 764 g/mol. The van der Waals surface area contributed by atoms with Crippen LogP contribution in [0.4, 0.5) is 0 Å². The van der Waals surface area contributed by atoms with Crippen molar-refractivity contribution in [2.45, 2.75) is 26.7 Å². The van der Waals surface area contributed by atoms with Crippen molar-refractivity contribution in [3.63, 3.8) is 0 Å². The zero-order valence-corrected chi connectivity index (χ0v) is 33.2. The average molecular weight is 765 g/mol. The fourth-order valence-corrected chi connectivity index (χ4v) is 9.47. The molecule has 0 saturated carbocycles. The lowest BCUT2D eigenvalue weighted by Crippen LogP contribution is -2.20. The third kappa shape index (κ3) is 6.40. The van der Waals surface area contributed by atoms with Gasteiger partial charge in [0.15, 0.2) is 17.5 Å². The summed E-state index contributed by atoms with van der Waals surface area (Å²) >= 11 is 1.84. The van der Waals surface area contributed by atoms with Crippen molar-refractivity contribution >= 4 is 66.5 Å². The minimum atomic E-state index is 0.631. The Hall–Kier alpha value is -6.95. The van der Waals surface area contributed by atoms with E-state index in [1.165, 1.54) is 41.7 Å². The summed E-state index contributed by atoms with van der Waals surface area (Å²) in [6, 6.07) is 51.7. The molecular weight excluding hydrogens is 725 g/mol. The molecule has 1 aliphatic carbocycles. The Bertz CT molecular complexity index is 3220. The van der Waals surface area contributed by atoms with Crippen LogP contribution >= 0.6 is 11.3 Å². The van der Waals surface area contributed by atoms with Crippen LogP contribution in [0.15, 0.2) is 170 Å². The Morgan fingerprint density at radius 1 is 0.586 bits per heavy atom. The first-order chi connectivity index (χ1) is 28.7. The summed E-state index contributed by atoms with van der Waals surface area (Å²) in [5.74, 6) is 1.93. The van der Waals surface area contributed by atoms with Crippen molar-refractivity contribution in [2.75, 3.05) is 0 Å². The quantitative estimate of drug-likeness (QED) is 0.145. The molecule has 0 fully saturated rings. The van der Waals surface area contributed by atoms with Crippen LogP contribution < -0.4 is 9.75 Å². The highest BCUT2D eigenvalue weighted by molar-refractivity contribution is 7.17. The summed E-state index contributed by atoms with van der Waals surface area (Å²) in [4.78, 5) is 15.9. The van der Waals surface area contributed by atoms with Gasteiger partial charge in [0, 0.05) is 47.8 Å². The summed E-state index contributed by atoms with van der Waals surface area (Å²) in [7, 11) is 0. The lowest BCUT2D eigenvalue weighted by atomic mass is 10.0. The molecule has 58 heavy (non-hydrogen) atoms. The predicted octanol–water partition coefficient (Wildman–Crippen LogP) is 12.6. The van der Waals surface area contributed by atoms with Crippen LogP contribution in [-0.2, 0) is 0 Å². The molecule has 10 rings (SSSR count). The van der Waals surface area contributed by atoms with E-state index in [1.54, 1.807) is 0 Å². The largest absolute Gasteiger partial charge is 0.309 e. The molecule has 6 aromatic carbocycles. The highest BCUT2D eigenvalue weighted by Gasteiger charge is 2.21. The Morgan fingerprint density at radius 3 is 2.05 bits per heavy atom. The van der Waals surface area contributed by atoms with E-state index in [4.69, 9.17) is 15.0 Å². The molecule has 9 aromatic rings. The third-order valence-corrected chi connectivity index (χ3v) is 12.2. The minimum absolute atomic E-state index is 0.631. The topological polar surface area (TPSA) is 43.6 Å². The van der Waals surface area contributed by atoms with Crippen molar-refractivity contribution in [1.29, 1.82) is 0 Å². The Morgan fingerprint density at radius 2 is 1.28 bits per heavy atom. The predicted molar refractivity (Wildman–Crippen MR) is 246 cm³/mol. The van der Waals surface area contributed by atoms with Gasteiger partial charge in [0.2, 0.25) is 0 Å². The van der Waals surface area contributed by atoms with Crippen LogP contribution in [-0.4, -0.2) is 19.5 Å². The maximum absolute atomic E-state index is 5.38. The van der Waals surface area contributed by atoms with Gasteiger partial charge in [0.05, 0.1) is 11.0 Å². The summed E-state index contributed by atoms with van der Waals surface area (Å²) in [6.07, 6.45) is 15.4. The highest BCUT2D eigenvalue weighted by Crippen LogP contribution is 2.38. The lowest BCUT2D eigenvalue weighted by molar-refractivity contribution is 1.04. The molecule has 5 heteroatoms. The van der Waals surface area contributed by atoms with Crippen LogP contribution in [0.5, 0.6) is 0 Å². The number of nitrogens with zero attached hydrogens (tertiary/aromatic N) is 4. The van der Waals surface area contributed by atoms with E-state index in [9.17, 15) is 0 Å². The Balaban J connectivity index is 1.26. The minimum Gasteiger partial charge on any atom is -0.309 e. The molecule has 0 unspecified atom stereocenters. The molecular formula is C53H40N4S. The van der Waals surface area contributed by atoms with E-state index >= 15 is 0 Å². The van der Waals surface area contributed by atoms with Gasteiger partial charge in [-0.25, -0.2) is 15.0 Å².